The molecule has 0 radical (unpaired) electrons. The minimum atomic E-state index is -2.61. The van der Waals surface area contributed by atoms with E-state index in [1.54, 1.807) is 27.7 Å². The molecular formula is C29H36O11. The third-order valence-corrected chi connectivity index (χ3v) is 6.33. The van der Waals surface area contributed by atoms with Crippen LogP contribution in [-0.2, 0) is 33.9 Å². The highest BCUT2D eigenvalue weighted by Gasteiger charge is 2.59. The van der Waals surface area contributed by atoms with Crippen molar-refractivity contribution in [1.29, 1.82) is 0 Å². The molecule has 2 N–H and O–H groups in total. The molecule has 0 aromatic heterocycles. The maximum absolute atomic E-state index is 13.4. The average Bonchev–Trinajstić information content (AvgIpc) is 2.89. The Balaban J connectivity index is 2.53. The lowest BCUT2D eigenvalue weighted by Crippen LogP contribution is -2.51. The second kappa shape index (κ2) is 13.0. The Morgan fingerprint density at radius 2 is 1.35 bits per heavy atom. The SMILES string of the molecule is CCCC(C)(C)OOC(=O)C1(C(=O)OOC(C)(C)CCC)C=CC(C(=O)c2cccc(C(=O)O)c2)=CC1C(=O)O. The summed E-state index contributed by atoms with van der Waals surface area (Å²) in [4.78, 5) is 84.5. The van der Waals surface area contributed by atoms with Crippen LogP contribution in [0.1, 0.15) is 87.9 Å². The van der Waals surface area contributed by atoms with Crippen LogP contribution in [0, 0.1) is 11.3 Å². The first-order valence-electron chi connectivity index (χ1n) is 12.9. The fourth-order valence-electron chi connectivity index (χ4n) is 4.27. The van der Waals surface area contributed by atoms with E-state index in [9.17, 15) is 34.2 Å². The van der Waals surface area contributed by atoms with Gasteiger partial charge in [0.1, 0.15) is 17.1 Å². The summed E-state index contributed by atoms with van der Waals surface area (Å²) in [5.41, 5.74) is -4.88. The monoisotopic (exact) mass is 560 g/mol. The molecule has 0 saturated carbocycles. The van der Waals surface area contributed by atoms with E-state index < -0.39 is 52.2 Å². The molecule has 1 aromatic carbocycles. The molecule has 0 aliphatic heterocycles. The molecule has 0 spiro atoms. The number of hydrogen-bond acceptors (Lipinski definition) is 9. The van der Waals surface area contributed by atoms with Gasteiger partial charge in [-0.25, -0.2) is 14.4 Å². The molecule has 1 aliphatic carbocycles. The molecule has 1 unspecified atom stereocenters. The third kappa shape index (κ3) is 7.64. The lowest BCUT2D eigenvalue weighted by molar-refractivity contribution is -0.343. The lowest BCUT2D eigenvalue weighted by Gasteiger charge is -2.33. The molecule has 1 atom stereocenters. The highest BCUT2D eigenvalue weighted by atomic mass is 17.2. The second-order valence-corrected chi connectivity index (χ2v) is 10.8. The van der Waals surface area contributed by atoms with Crippen molar-refractivity contribution in [3.05, 3.63) is 59.2 Å². The quantitative estimate of drug-likeness (QED) is 0.138. The standard InChI is InChI=1S/C29H36O11/c1-7-13-27(3,4)39-37-25(35)29(26(36)38-40-28(5,6)14-8-2)15-12-19(17-21(29)24(33)34)22(30)18-10-9-11-20(16-18)23(31)32/h9-12,15-17,21H,7-8,13-14H2,1-6H3,(H,31,32)(H,33,34). The van der Waals surface area contributed by atoms with Crippen molar-refractivity contribution in [3.8, 4) is 0 Å². The minimum Gasteiger partial charge on any atom is -0.481 e. The largest absolute Gasteiger partial charge is 0.481 e. The first-order chi connectivity index (χ1) is 18.6. The van der Waals surface area contributed by atoms with E-state index in [2.05, 4.69) is 0 Å². The summed E-state index contributed by atoms with van der Waals surface area (Å²) in [6.45, 7) is 10.4. The van der Waals surface area contributed by atoms with E-state index in [1.807, 2.05) is 13.8 Å². The van der Waals surface area contributed by atoms with Gasteiger partial charge in [0.15, 0.2) is 5.78 Å². The fourth-order valence-corrected chi connectivity index (χ4v) is 4.27. The predicted octanol–water partition coefficient (Wildman–Crippen LogP) is 4.86. The first-order valence-corrected chi connectivity index (χ1v) is 12.9. The molecule has 11 heteroatoms. The zero-order valence-electron chi connectivity index (χ0n) is 23.5. The number of carbonyl (C=O) groups excluding carboxylic acids is 3. The Morgan fingerprint density at radius 3 is 1.80 bits per heavy atom. The van der Waals surface area contributed by atoms with Gasteiger partial charge in [-0.15, -0.1) is 0 Å². The summed E-state index contributed by atoms with van der Waals surface area (Å²) in [6, 6.07) is 5.15. The molecule has 1 aliphatic rings. The van der Waals surface area contributed by atoms with Gasteiger partial charge in [0.2, 0.25) is 5.41 Å². The molecule has 0 saturated heterocycles. The lowest BCUT2D eigenvalue weighted by atomic mass is 9.70. The van der Waals surface area contributed by atoms with Crippen molar-refractivity contribution >= 4 is 29.7 Å². The molecule has 1 aromatic rings. The number of ketones is 1. The summed E-state index contributed by atoms with van der Waals surface area (Å²) in [5, 5.41) is 19.4. The Morgan fingerprint density at radius 1 is 0.850 bits per heavy atom. The van der Waals surface area contributed by atoms with Gasteiger partial charge in [0.05, 0.1) is 5.56 Å². The summed E-state index contributed by atoms with van der Waals surface area (Å²) in [6.07, 6.45) is 5.27. The molecule has 40 heavy (non-hydrogen) atoms. The number of carboxylic acids is 2. The van der Waals surface area contributed by atoms with Crippen LogP contribution in [0.4, 0.5) is 0 Å². The predicted molar refractivity (Wildman–Crippen MR) is 141 cm³/mol. The Hall–Kier alpha value is -3.83. The third-order valence-electron chi connectivity index (χ3n) is 6.33. The number of aromatic carboxylic acids is 1. The Labute approximate surface area is 232 Å². The Kier molecular flexibility index (Phi) is 10.5. The van der Waals surface area contributed by atoms with E-state index in [4.69, 9.17) is 19.6 Å². The van der Waals surface area contributed by atoms with Crippen molar-refractivity contribution in [3.63, 3.8) is 0 Å². The molecule has 11 nitrogen and oxygen atoms in total. The fraction of sp³-hybridized carbons (Fsp3) is 0.483. The normalized spacial score (nSPS) is 16.6. The number of benzene rings is 1. The van der Waals surface area contributed by atoms with Gasteiger partial charge >= 0.3 is 23.9 Å². The van der Waals surface area contributed by atoms with Gasteiger partial charge in [-0.05, 0) is 52.7 Å². The zero-order valence-corrected chi connectivity index (χ0v) is 23.5. The number of allylic oxidation sites excluding steroid dienone is 2. The van der Waals surface area contributed by atoms with Gasteiger partial charge in [-0.2, -0.15) is 9.78 Å². The van der Waals surface area contributed by atoms with Gasteiger partial charge in [-0.3, -0.25) is 19.4 Å². The van der Waals surface area contributed by atoms with Crippen molar-refractivity contribution in [2.24, 2.45) is 11.3 Å². The van der Waals surface area contributed by atoms with Crippen LogP contribution >= 0.6 is 0 Å². The van der Waals surface area contributed by atoms with E-state index in [1.165, 1.54) is 18.2 Å². The van der Waals surface area contributed by atoms with Crippen LogP contribution in [-0.4, -0.2) is 51.1 Å². The number of carboxylic acid groups (broad SMARTS) is 2. The van der Waals surface area contributed by atoms with Crippen LogP contribution in [0.3, 0.4) is 0 Å². The van der Waals surface area contributed by atoms with E-state index >= 15 is 0 Å². The molecule has 0 fully saturated rings. The van der Waals surface area contributed by atoms with Crippen LogP contribution in [0.2, 0.25) is 0 Å². The summed E-state index contributed by atoms with van der Waals surface area (Å²) in [5.74, 6) is -8.33. The van der Waals surface area contributed by atoms with Crippen molar-refractivity contribution < 1.29 is 53.7 Å². The highest BCUT2D eigenvalue weighted by Crippen LogP contribution is 2.40. The first kappa shape index (κ1) is 32.4. The molecular weight excluding hydrogens is 524 g/mol. The number of aliphatic carboxylic acids is 1. The van der Waals surface area contributed by atoms with E-state index in [-0.39, 0.29) is 16.7 Å². The van der Waals surface area contributed by atoms with Gasteiger partial charge in [-0.1, -0.05) is 57.0 Å². The van der Waals surface area contributed by atoms with Crippen LogP contribution in [0.15, 0.2) is 48.1 Å². The molecule has 0 bridgehead atoms. The topological polar surface area (TPSA) is 163 Å². The van der Waals surface area contributed by atoms with E-state index in [0.717, 1.165) is 24.3 Å². The number of carbonyl (C=O) groups is 5. The maximum Gasteiger partial charge on any atom is 0.364 e. The zero-order chi connectivity index (χ0) is 30.3. The maximum atomic E-state index is 13.4. The summed E-state index contributed by atoms with van der Waals surface area (Å²) >= 11 is 0. The minimum absolute atomic E-state index is 0.0353. The summed E-state index contributed by atoms with van der Waals surface area (Å²) < 4.78 is 0. The van der Waals surface area contributed by atoms with Crippen molar-refractivity contribution in [2.75, 3.05) is 0 Å². The molecule has 218 valence electrons. The van der Waals surface area contributed by atoms with Crippen molar-refractivity contribution in [2.45, 2.75) is 78.4 Å². The smallest absolute Gasteiger partial charge is 0.364 e. The van der Waals surface area contributed by atoms with Crippen LogP contribution in [0.25, 0.3) is 0 Å². The number of Topliss-reactive ketones (excluding diaryl/α,β-unsaturated/α-hetero) is 1. The Bertz CT molecular complexity index is 1170. The molecule has 0 amide bonds. The molecule has 2 rings (SSSR count). The van der Waals surface area contributed by atoms with Crippen LogP contribution in [0.5, 0.6) is 0 Å². The van der Waals surface area contributed by atoms with E-state index in [0.29, 0.717) is 25.7 Å². The van der Waals surface area contributed by atoms with Crippen LogP contribution < -0.4 is 0 Å². The van der Waals surface area contributed by atoms with Gasteiger partial charge < -0.3 is 10.2 Å². The van der Waals surface area contributed by atoms with Gasteiger partial charge in [0, 0.05) is 11.1 Å². The number of rotatable bonds is 14. The highest BCUT2D eigenvalue weighted by molar-refractivity contribution is 6.14. The average molecular weight is 561 g/mol. The summed E-state index contributed by atoms with van der Waals surface area (Å²) in [7, 11) is 0. The second-order valence-electron chi connectivity index (χ2n) is 10.8. The molecule has 0 heterocycles. The van der Waals surface area contributed by atoms with Crippen molar-refractivity contribution in [1.82, 2.24) is 0 Å². The number of hydrogen-bond donors (Lipinski definition) is 2. The van der Waals surface area contributed by atoms with Gasteiger partial charge in [0.25, 0.3) is 0 Å².